The van der Waals surface area contributed by atoms with E-state index in [1.165, 1.54) is 0 Å². The summed E-state index contributed by atoms with van der Waals surface area (Å²) in [7, 11) is 0. The molecule has 11 heavy (non-hydrogen) atoms. The molecule has 2 aliphatic rings. The van der Waals surface area contributed by atoms with Crippen molar-refractivity contribution < 1.29 is 10.2 Å². The van der Waals surface area contributed by atoms with Gasteiger partial charge in [0.1, 0.15) is 0 Å². The predicted molar refractivity (Wildman–Crippen MR) is 45.5 cm³/mol. The summed E-state index contributed by atoms with van der Waals surface area (Å²) in [6, 6.07) is 0. The standard InChI is InChI=1S/C8H13BrO2/c9-3-5-1-4-2-6(5)8(11)7(4)10/h4-8,10-11H,1-3H2/t4-,5+,6+,7-,8-/m0/s1. The molecular weight excluding hydrogens is 208 g/mol. The molecule has 64 valence electrons. The fourth-order valence-electron chi connectivity index (χ4n) is 2.61. The van der Waals surface area contributed by atoms with E-state index in [1.54, 1.807) is 0 Å². The Morgan fingerprint density at radius 3 is 2.36 bits per heavy atom. The van der Waals surface area contributed by atoms with Gasteiger partial charge in [0, 0.05) is 5.33 Å². The molecule has 0 aromatic rings. The third-order valence-electron chi connectivity index (χ3n) is 3.26. The van der Waals surface area contributed by atoms with Gasteiger partial charge in [0.25, 0.3) is 0 Å². The van der Waals surface area contributed by atoms with Gasteiger partial charge >= 0.3 is 0 Å². The van der Waals surface area contributed by atoms with Gasteiger partial charge in [0.05, 0.1) is 12.2 Å². The van der Waals surface area contributed by atoms with Crippen LogP contribution in [-0.2, 0) is 0 Å². The van der Waals surface area contributed by atoms with Crippen molar-refractivity contribution in [2.24, 2.45) is 17.8 Å². The van der Waals surface area contributed by atoms with E-state index in [4.69, 9.17) is 0 Å². The average Bonchev–Trinajstić information content (AvgIpc) is 2.53. The summed E-state index contributed by atoms with van der Waals surface area (Å²) in [6.07, 6.45) is 1.24. The molecule has 2 fully saturated rings. The normalized spacial score (nSPS) is 55.4. The van der Waals surface area contributed by atoms with Crippen molar-refractivity contribution in [2.45, 2.75) is 25.0 Å². The molecule has 2 N–H and O–H groups in total. The Kier molecular flexibility index (Phi) is 1.98. The highest BCUT2D eigenvalue weighted by Gasteiger charge is 2.50. The van der Waals surface area contributed by atoms with E-state index in [2.05, 4.69) is 15.9 Å². The van der Waals surface area contributed by atoms with E-state index in [0.29, 0.717) is 17.8 Å². The Bertz CT molecular complexity index is 156. The lowest BCUT2D eigenvalue weighted by molar-refractivity contribution is -0.0300. The second-order valence-corrected chi connectivity index (χ2v) is 4.44. The fraction of sp³-hybridized carbons (Fsp3) is 1.00. The van der Waals surface area contributed by atoms with Gasteiger partial charge in [-0.2, -0.15) is 0 Å². The average molecular weight is 221 g/mol. The van der Waals surface area contributed by atoms with E-state index in [-0.39, 0.29) is 0 Å². The lowest BCUT2D eigenvalue weighted by Crippen LogP contribution is -2.36. The van der Waals surface area contributed by atoms with Crippen molar-refractivity contribution in [3.05, 3.63) is 0 Å². The summed E-state index contributed by atoms with van der Waals surface area (Å²) >= 11 is 3.43. The molecule has 2 saturated carbocycles. The molecule has 0 amide bonds. The first-order chi connectivity index (χ1) is 5.24. The zero-order valence-corrected chi connectivity index (χ0v) is 7.87. The van der Waals surface area contributed by atoms with Crippen molar-refractivity contribution in [1.82, 2.24) is 0 Å². The van der Waals surface area contributed by atoms with Crippen LogP contribution in [0.3, 0.4) is 0 Å². The van der Waals surface area contributed by atoms with Crippen molar-refractivity contribution in [3.8, 4) is 0 Å². The Morgan fingerprint density at radius 2 is 1.91 bits per heavy atom. The Hall–Kier alpha value is 0.400. The maximum Gasteiger partial charge on any atom is 0.0832 e. The molecule has 2 rings (SSSR count). The summed E-state index contributed by atoms with van der Waals surface area (Å²) in [5.41, 5.74) is 0. The molecule has 3 heteroatoms. The van der Waals surface area contributed by atoms with Gasteiger partial charge in [-0.15, -0.1) is 0 Å². The van der Waals surface area contributed by atoms with Crippen LogP contribution in [0.15, 0.2) is 0 Å². The van der Waals surface area contributed by atoms with Crippen molar-refractivity contribution in [3.63, 3.8) is 0 Å². The number of hydrogen-bond donors (Lipinski definition) is 2. The first kappa shape index (κ1) is 8.02. The van der Waals surface area contributed by atoms with Crippen LogP contribution in [0.4, 0.5) is 0 Å². The molecule has 0 saturated heterocycles. The van der Waals surface area contributed by atoms with Crippen LogP contribution in [0.1, 0.15) is 12.8 Å². The van der Waals surface area contributed by atoms with Crippen molar-refractivity contribution >= 4 is 15.9 Å². The summed E-state index contributed by atoms with van der Waals surface area (Å²) in [5.74, 6) is 1.32. The molecule has 0 spiro atoms. The van der Waals surface area contributed by atoms with Gasteiger partial charge in [0.15, 0.2) is 0 Å². The third-order valence-corrected chi connectivity index (χ3v) is 4.09. The fourth-order valence-corrected chi connectivity index (χ4v) is 3.35. The maximum absolute atomic E-state index is 9.52. The lowest BCUT2D eigenvalue weighted by atomic mass is 9.86. The van der Waals surface area contributed by atoms with Crippen LogP contribution in [0.5, 0.6) is 0 Å². The second-order valence-electron chi connectivity index (χ2n) is 3.79. The number of halogens is 1. The molecular formula is C8H13BrO2. The smallest absolute Gasteiger partial charge is 0.0832 e. The molecule has 0 heterocycles. The van der Waals surface area contributed by atoms with Gasteiger partial charge in [-0.1, -0.05) is 15.9 Å². The second kappa shape index (κ2) is 2.71. The summed E-state index contributed by atoms with van der Waals surface area (Å²) in [5, 5.41) is 19.9. The van der Waals surface area contributed by atoms with Crippen LogP contribution in [-0.4, -0.2) is 27.8 Å². The quantitative estimate of drug-likeness (QED) is 0.642. The van der Waals surface area contributed by atoms with E-state index in [9.17, 15) is 10.2 Å². The minimum atomic E-state index is -0.448. The van der Waals surface area contributed by atoms with E-state index >= 15 is 0 Å². The zero-order valence-electron chi connectivity index (χ0n) is 6.28. The molecule has 2 nitrogen and oxygen atoms in total. The molecule has 2 aliphatic carbocycles. The number of aliphatic hydroxyl groups is 2. The van der Waals surface area contributed by atoms with Crippen LogP contribution < -0.4 is 0 Å². The van der Waals surface area contributed by atoms with Gasteiger partial charge in [-0.05, 0) is 30.6 Å². The van der Waals surface area contributed by atoms with Gasteiger partial charge in [0.2, 0.25) is 0 Å². The minimum absolute atomic E-state index is 0.356. The molecule has 0 aliphatic heterocycles. The van der Waals surface area contributed by atoms with Gasteiger partial charge in [-0.3, -0.25) is 0 Å². The SMILES string of the molecule is O[C@@H]1[C@@H](O)[C@H]2C[C@H](CBr)[C@H]1C2. The van der Waals surface area contributed by atoms with E-state index in [0.717, 1.165) is 18.2 Å². The number of fused-ring (bicyclic) bond motifs is 2. The molecule has 5 atom stereocenters. The first-order valence-electron chi connectivity index (χ1n) is 4.16. The first-order valence-corrected chi connectivity index (χ1v) is 5.28. The largest absolute Gasteiger partial charge is 0.390 e. The van der Waals surface area contributed by atoms with E-state index < -0.39 is 12.2 Å². The van der Waals surface area contributed by atoms with E-state index in [1.807, 2.05) is 0 Å². The highest BCUT2D eigenvalue weighted by Crippen LogP contribution is 2.48. The monoisotopic (exact) mass is 220 g/mol. The minimum Gasteiger partial charge on any atom is -0.390 e. The maximum atomic E-state index is 9.52. The van der Waals surface area contributed by atoms with Gasteiger partial charge in [-0.25, -0.2) is 0 Å². The van der Waals surface area contributed by atoms with Crippen LogP contribution in [0, 0.1) is 17.8 Å². The van der Waals surface area contributed by atoms with Crippen molar-refractivity contribution in [2.75, 3.05) is 5.33 Å². The molecule has 0 aromatic carbocycles. The van der Waals surface area contributed by atoms with Crippen LogP contribution >= 0.6 is 15.9 Å². The third kappa shape index (κ3) is 1.05. The summed E-state index contributed by atoms with van der Waals surface area (Å²) < 4.78 is 0. The molecule has 0 unspecified atom stereocenters. The summed E-state index contributed by atoms with van der Waals surface area (Å²) in [6.45, 7) is 0. The van der Waals surface area contributed by atoms with Crippen LogP contribution in [0.2, 0.25) is 0 Å². The number of aliphatic hydroxyl groups excluding tert-OH is 2. The Labute approximate surface area is 74.7 Å². The Morgan fingerprint density at radius 1 is 1.18 bits per heavy atom. The number of rotatable bonds is 1. The zero-order chi connectivity index (χ0) is 8.01. The molecule has 2 bridgehead atoms. The van der Waals surface area contributed by atoms with Gasteiger partial charge < -0.3 is 10.2 Å². The lowest BCUT2D eigenvalue weighted by Gasteiger charge is -2.28. The Balaban J connectivity index is 2.10. The molecule has 0 aromatic heterocycles. The number of alkyl halides is 1. The highest BCUT2D eigenvalue weighted by atomic mass is 79.9. The van der Waals surface area contributed by atoms with Crippen molar-refractivity contribution in [1.29, 1.82) is 0 Å². The predicted octanol–water partition coefficient (Wildman–Crippen LogP) is 0.759. The topological polar surface area (TPSA) is 40.5 Å². The summed E-state index contributed by atoms with van der Waals surface area (Å²) in [4.78, 5) is 0. The molecule has 0 radical (unpaired) electrons. The number of hydrogen-bond acceptors (Lipinski definition) is 2. The van der Waals surface area contributed by atoms with Crippen LogP contribution in [0.25, 0.3) is 0 Å². The highest BCUT2D eigenvalue weighted by molar-refractivity contribution is 9.09.